The maximum atomic E-state index is 13.6. The van der Waals surface area contributed by atoms with Crippen LogP contribution in [0.3, 0.4) is 0 Å². The summed E-state index contributed by atoms with van der Waals surface area (Å²) in [6, 6.07) is 11.0. The van der Waals surface area contributed by atoms with Gasteiger partial charge >= 0.3 is 0 Å². The lowest BCUT2D eigenvalue weighted by molar-refractivity contribution is -0.243. The topological polar surface area (TPSA) is 155 Å². The summed E-state index contributed by atoms with van der Waals surface area (Å²) in [4.78, 5) is 30.2. The molecule has 9 atom stereocenters. The first-order valence-corrected chi connectivity index (χ1v) is 15.6. The number of nitrogens with one attached hydrogen (secondary N) is 1. The predicted octanol–water partition coefficient (Wildman–Crippen LogP) is 4.42. The van der Waals surface area contributed by atoms with Gasteiger partial charge in [-0.2, -0.15) is 0 Å². The van der Waals surface area contributed by atoms with E-state index >= 15 is 0 Å². The molecule has 1 heterocycles. The SMILES string of the molecule is C[C@@H](Nc1ccc([C@H](O)O[C@]2(C(=O)CO)CCC3[C@@H]4CCC5=CC(=O)C=C[C@]5(C)C4[C@@H](O)C[C@@]32C)cn1)c1ccc(N)cc1. The van der Waals surface area contributed by atoms with Crippen molar-refractivity contribution in [1.29, 1.82) is 0 Å². The van der Waals surface area contributed by atoms with Crippen molar-refractivity contribution in [3.05, 3.63) is 77.5 Å². The Balaban J connectivity index is 1.23. The molecule has 4 aliphatic rings. The van der Waals surface area contributed by atoms with Gasteiger partial charge in [-0.15, -0.1) is 0 Å². The molecule has 1 aromatic heterocycles. The van der Waals surface area contributed by atoms with Gasteiger partial charge < -0.3 is 31.1 Å². The van der Waals surface area contributed by atoms with E-state index in [9.17, 15) is 24.9 Å². The summed E-state index contributed by atoms with van der Waals surface area (Å²) in [5, 5.41) is 36.6. The highest BCUT2D eigenvalue weighted by atomic mass is 16.6. The normalized spacial score (nSPS) is 35.6. The molecule has 9 nitrogen and oxygen atoms in total. The van der Waals surface area contributed by atoms with Crippen LogP contribution in [-0.4, -0.2) is 50.2 Å². The van der Waals surface area contributed by atoms with E-state index < -0.39 is 41.2 Å². The van der Waals surface area contributed by atoms with Gasteiger partial charge in [0.25, 0.3) is 0 Å². The van der Waals surface area contributed by atoms with Crippen molar-refractivity contribution in [1.82, 2.24) is 4.98 Å². The van der Waals surface area contributed by atoms with E-state index in [0.717, 1.165) is 24.0 Å². The molecule has 3 saturated carbocycles. The largest absolute Gasteiger partial charge is 0.399 e. The predicted molar refractivity (Wildman–Crippen MR) is 166 cm³/mol. The third-order valence-corrected chi connectivity index (χ3v) is 11.4. The minimum absolute atomic E-state index is 0.0171. The Morgan fingerprint density at radius 3 is 2.57 bits per heavy atom. The molecule has 2 unspecified atom stereocenters. The number of allylic oxidation sites excluding steroid dienone is 4. The zero-order valence-electron chi connectivity index (χ0n) is 25.6. The third kappa shape index (κ3) is 4.81. The quantitative estimate of drug-likeness (QED) is 0.218. The van der Waals surface area contributed by atoms with Crippen LogP contribution >= 0.6 is 0 Å². The lowest BCUT2D eigenvalue weighted by Crippen LogP contribution is -2.62. The van der Waals surface area contributed by atoms with Gasteiger partial charge in [-0.25, -0.2) is 4.98 Å². The summed E-state index contributed by atoms with van der Waals surface area (Å²) in [7, 11) is 0. The summed E-state index contributed by atoms with van der Waals surface area (Å²) >= 11 is 0. The lowest BCUT2D eigenvalue weighted by Gasteiger charge is -2.60. The highest BCUT2D eigenvalue weighted by molar-refractivity contribution is 6.01. The molecule has 4 aliphatic carbocycles. The second kappa shape index (κ2) is 11.2. The number of benzene rings is 1. The number of anilines is 2. The zero-order chi connectivity index (χ0) is 31.4. The monoisotopic (exact) mass is 601 g/mol. The number of fused-ring (bicyclic) bond motifs is 5. The minimum atomic E-state index is -1.48. The number of ketones is 2. The van der Waals surface area contributed by atoms with Crippen LogP contribution in [0.15, 0.2) is 66.4 Å². The van der Waals surface area contributed by atoms with Gasteiger partial charge in [-0.3, -0.25) is 9.59 Å². The Bertz CT molecular complexity index is 1490. The maximum absolute atomic E-state index is 13.6. The maximum Gasteiger partial charge on any atom is 0.190 e. The highest BCUT2D eigenvalue weighted by Gasteiger charge is 2.69. The minimum Gasteiger partial charge on any atom is -0.399 e. The number of aliphatic hydroxyl groups excluding tert-OH is 3. The van der Waals surface area contributed by atoms with Crippen LogP contribution in [0, 0.1) is 28.6 Å². The molecular weight excluding hydrogens is 558 g/mol. The van der Waals surface area contributed by atoms with E-state index in [-0.39, 0.29) is 36.0 Å². The number of carbonyl (C=O) groups is 2. The molecule has 3 fully saturated rings. The molecule has 0 radical (unpaired) electrons. The first-order valence-electron chi connectivity index (χ1n) is 15.6. The number of nitrogens with zero attached hydrogens (tertiary/aromatic N) is 1. The smallest absolute Gasteiger partial charge is 0.190 e. The van der Waals surface area contributed by atoms with Crippen molar-refractivity contribution in [3.63, 3.8) is 0 Å². The molecule has 0 saturated heterocycles. The van der Waals surface area contributed by atoms with E-state index in [4.69, 9.17) is 10.5 Å². The Morgan fingerprint density at radius 1 is 1.16 bits per heavy atom. The highest BCUT2D eigenvalue weighted by Crippen LogP contribution is 2.68. The molecule has 0 amide bonds. The molecule has 2 aromatic rings. The summed E-state index contributed by atoms with van der Waals surface area (Å²) in [6.45, 7) is 5.37. The van der Waals surface area contributed by atoms with Gasteiger partial charge in [0.1, 0.15) is 18.0 Å². The number of carbonyl (C=O) groups excluding carboxylic acids is 2. The fraction of sp³-hybridized carbons (Fsp3) is 0.514. The molecule has 0 spiro atoms. The van der Waals surface area contributed by atoms with E-state index in [0.29, 0.717) is 29.9 Å². The number of pyridine rings is 1. The van der Waals surface area contributed by atoms with Crippen LogP contribution in [0.2, 0.25) is 0 Å². The average molecular weight is 602 g/mol. The van der Waals surface area contributed by atoms with Crippen LogP contribution in [0.25, 0.3) is 0 Å². The average Bonchev–Trinajstić information content (AvgIpc) is 3.29. The molecule has 44 heavy (non-hydrogen) atoms. The first kappa shape index (κ1) is 30.6. The summed E-state index contributed by atoms with van der Waals surface area (Å²) in [6.07, 6.45) is 7.42. The number of hydrogen-bond acceptors (Lipinski definition) is 9. The van der Waals surface area contributed by atoms with Gasteiger partial charge in [-0.1, -0.05) is 37.6 Å². The Labute approximate surface area is 258 Å². The fourth-order valence-corrected chi connectivity index (χ4v) is 9.14. The number of ether oxygens (including phenoxy) is 1. The van der Waals surface area contributed by atoms with Gasteiger partial charge in [-0.05, 0) is 92.8 Å². The van der Waals surface area contributed by atoms with Crippen molar-refractivity contribution in [2.75, 3.05) is 17.7 Å². The molecule has 6 rings (SSSR count). The number of hydrogen-bond donors (Lipinski definition) is 5. The molecule has 1 aromatic carbocycles. The Hall–Kier alpha value is -3.37. The van der Waals surface area contributed by atoms with Crippen molar-refractivity contribution >= 4 is 23.1 Å². The molecule has 9 heteroatoms. The van der Waals surface area contributed by atoms with Gasteiger partial charge in [0, 0.05) is 40.2 Å². The van der Waals surface area contributed by atoms with E-state index in [1.54, 1.807) is 24.3 Å². The van der Waals surface area contributed by atoms with Crippen molar-refractivity contribution in [3.8, 4) is 0 Å². The Kier molecular flexibility index (Phi) is 7.81. The standard InChI is InChI=1S/C35H43N3O6/c1-20(21-4-8-24(36)9-5-21)38-30-11-6-22(18-37-30)32(43)44-35(29(42)19-39)15-13-27-26-10-7-23-16-25(40)12-14-33(23,2)31(26)28(41)17-34(27,35)3/h4-6,8-9,11-12,14,16,18,20,26-28,31-32,39,41,43H,7,10,13,15,17,19,36H2,1-3H3,(H,37,38)/t20-,26+,27?,28+,31?,32-,33+,34+,35+/m1/s1. The number of aliphatic hydroxyl groups is 3. The fourth-order valence-electron chi connectivity index (χ4n) is 9.14. The molecule has 6 N–H and O–H groups in total. The summed E-state index contributed by atoms with van der Waals surface area (Å²) in [5.41, 5.74) is 6.26. The van der Waals surface area contributed by atoms with Crippen LogP contribution in [0.5, 0.6) is 0 Å². The second-order valence-electron chi connectivity index (χ2n) is 13.6. The van der Waals surface area contributed by atoms with E-state index in [1.165, 1.54) is 6.20 Å². The molecule has 0 aliphatic heterocycles. The lowest BCUT2D eigenvalue weighted by atomic mass is 9.46. The Morgan fingerprint density at radius 2 is 1.89 bits per heavy atom. The van der Waals surface area contributed by atoms with Crippen molar-refractivity contribution < 1.29 is 29.6 Å². The van der Waals surface area contributed by atoms with Crippen molar-refractivity contribution in [2.24, 2.45) is 28.6 Å². The number of nitrogens with two attached hydrogens (primary N) is 1. The van der Waals surface area contributed by atoms with Crippen LogP contribution in [0.4, 0.5) is 11.5 Å². The van der Waals surface area contributed by atoms with Crippen LogP contribution in [0.1, 0.15) is 76.3 Å². The third-order valence-electron chi connectivity index (χ3n) is 11.4. The second-order valence-corrected chi connectivity index (χ2v) is 13.6. The number of nitrogen functional groups attached to an aromatic ring is 1. The molecular formula is C35H43N3O6. The zero-order valence-corrected chi connectivity index (χ0v) is 25.6. The number of aromatic nitrogens is 1. The summed E-state index contributed by atoms with van der Waals surface area (Å²) in [5.74, 6) is 0.127. The molecule has 234 valence electrons. The molecule has 0 bridgehead atoms. The van der Waals surface area contributed by atoms with Gasteiger partial charge in [0.2, 0.25) is 0 Å². The summed E-state index contributed by atoms with van der Waals surface area (Å²) < 4.78 is 6.38. The van der Waals surface area contributed by atoms with E-state index in [2.05, 4.69) is 17.2 Å². The first-order chi connectivity index (χ1) is 20.9. The van der Waals surface area contributed by atoms with Crippen molar-refractivity contribution in [2.45, 2.75) is 76.9 Å². The number of Topliss-reactive ketones (excluding diaryl/α,β-unsaturated/α-hetero) is 1. The number of rotatable bonds is 8. The van der Waals surface area contributed by atoms with Gasteiger partial charge in [0.05, 0.1) is 6.10 Å². The van der Waals surface area contributed by atoms with Crippen LogP contribution in [-0.2, 0) is 14.3 Å². The van der Waals surface area contributed by atoms with E-state index in [1.807, 2.05) is 44.2 Å². The van der Waals surface area contributed by atoms with Crippen LogP contribution < -0.4 is 11.1 Å². The van der Waals surface area contributed by atoms with Gasteiger partial charge in [0.15, 0.2) is 17.9 Å².